The van der Waals surface area contributed by atoms with E-state index in [1.807, 2.05) is 6.07 Å². The summed E-state index contributed by atoms with van der Waals surface area (Å²) in [5.74, 6) is -0.141. The van der Waals surface area contributed by atoms with Gasteiger partial charge in [-0.1, -0.05) is 0 Å². The molecule has 0 saturated carbocycles. The number of hydrogen-bond acceptors (Lipinski definition) is 5. The van der Waals surface area contributed by atoms with Crippen molar-refractivity contribution in [3.8, 4) is 6.07 Å². The third-order valence-corrected chi connectivity index (χ3v) is 1.82. The maximum Gasteiger partial charge on any atom is 0.259 e. The topological polar surface area (TPSA) is 107 Å². The minimum atomic E-state index is -0.402. The molecule has 0 spiro atoms. The molecule has 16 heavy (non-hydrogen) atoms. The number of aromatic nitrogens is 4. The van der Waals surface area contributed by atoms with Gasteiger partial charge < -0.3 is 5.32 Å². The maximum atomic E-state index is 11.6. The van der Waals surface area contributed by atoms with Crippen LogP contribution >= 0.6 is 0 Å². The highest BCUT2D eigenvalue weighted by molar-refractivity contribution is 6.03. The highest BCUT2D eigenvalue weighted by atomic mass is 16.1. The number of carbonyl (C=O) groups excluding carboxylic acids is 1. The molecule has 7 heteroatoms. The number of aromatic amines is 1. The predicted molar refractivity (Wildman–Crippen MR) is 53.3 cm³/mol. The minimum Gasteiger partial charge on any atom is -0.306 e. The van der Waals surface area contributed by atoms with Gasteiger partial charge in [0.25, 0.3) is 5.91 Å². The lowest BCUT2D eigenvalue weighted by Crippen LogP contribution is -2.13. The van der Waals surface area contributed by atoms with Gasteiger partial charge in [-0.15, -0.1) is 0 Å². The van der Waals surface area contributed by atoms with Gasteiger partial charge in [0.2, 0.25) is 0 Å². The van der Waals surface area contributed by atoms with E-state index >= 15 is 0 Å². The molecule has 0 atom stereocenters. The van der Waals surface area contributed by atoms with Crippen LogP contribution in [0.15, 0.2) is 24.9 Å². The molecule has 0 bridgehead atoms. The first-order valence-corrected chi connectivity index (χ1v) is 4.31. The maximum absolute atomic E-state index is 11.6. The van der Waals surface area contributed by atoms with E-state index in [0.29, 0.717) is 5.56 Å². The smallest absolute Gasteiger partial charge is 0.259 e. The van der Waals surface area contributed by atoms with Crippen LogP contribution in [0.1, 0.15) is 15.9 Å². The summed E-state index contributed by atoms with van der Waals surface area (Å²) in [6.07, 6.45) is 5.42. The van der Waals surface area contributed by atoms with Crippen LogP contribution in [-0.4, -0.2) is 26.1 Å². The zero-order valence-corrected chi connectivity index (χ0v) is 8.01. The average molecular weight is 214 g/mol. The summed E-state index contributed by atoms with van der Waals surface area (Å²) in [6.45, 7) is 0. The number of nitriles is 1. The van der Waals surface area contributed by atoms with Gasteiger partial charge in [-0.2, -0.15) is 10.4 Å². The number of nitrogens with one attached hydrogen (secondary N) is 2. The van der Waals surface area contributed by atoms with Crippen LogP contribution < -0.4 is 5.32 Å². The zero-order chi connectivity index (χ0) is 11.4. The van der Waals surface area contributed by atoms with Crippen molar-refractivity contribution in [1.29, 1.82) is 5.26 Å². The third-order valence-electron chi connectivity index (χ3n) is 1.82. The van der Waals surface area contributed by atoms with E-state index in [0.717, 1.165) is 0 Å². The molecule has 0 fully saturated rings. The zero-order valence-electron chi connectivity index (χ0n) is 8.01. The molecule has 0 aliphatic rings. The molecule has 0 aliphatic carbocycles. The van der Waals surface area contributed by atoms with E-state index in [1.165, 1.54) is 24.9 Å². The van der Waals surface area contributed by atoms with Gasteiger partial charge >= 0.3 is 0 Å². The van der Waals surface area contributed by atoms with Crippen LogP contribution in [0.2, 0.25) is 0 Å². The van der Waals surface area contributed by atoms with Crippen molar-refractivity contribution in [3.63, 3.8) is 0 Å². The fourth-order valence-electron chi connectivity index (χ4n) is 1.07. The summed E-state index contributed by atoms with van der Waals surface area (Å²) >= 11 is 0. The molecule has 1 amide bonds. The van der Waals surface area contributed by atoms with E-state index in [4.69, 9.17) is 5.26 Å². The first kappa shape index (κ1) is 9.79. The van der Waals surface area contributed by atoms with Gasteiger partial charge in [-0.3, -0.25) is 9.89 Å². The predicted octanol–water partition coefficient (Wildman–Crippen LogP) is 0.324. The van der Waals surface area contributed by atoms with Crippen molar-refractivity contribution in [2.24, 2.45) is 0 Å². The lowest BCUT2D eigenvalue weighted by Gasteiger charge is -2.01. The molecule has 78 valence electrons. The molecular formula is C9H6N6O. The Bertz CT molecular complexity index is 541. The van der Waals surface area contributed by atoms with Crippen molar-refractivity contribution in [2.45, 2.75) is 0 Å². The number of carbonyl (C=O) groups is 1. The van der Waals surface area contributed by atoms with Gasteiger partial charge in [-0.05, 0) is 0 Å². The second-order valence-corrected chi connectivity index (χ2v) is 2.85. The molecule has 2 aromatic heterocycles. The Labute approximate surface area is 90.2 Å². The second kappa shape index (κ2) is 4.18. The second-order valence-electron chi connectivity index (χ2n) is 2.85. The van der Waals surface area contributed by atoms with Crippen LogP contribution in [-0.2, 0) is 0 Å². The van der Waals surface area contributed by atoms with Crippen molar-refractivity contribution < 1.29 is 4.79 Å². The van der Waals surface area contributed by atoms with Gasteiger partial charge in [0, 0.05) is 12.4 Å². The summed E-state index contributed by atoms with van der Waals surface area (Å²) < 4.78 is 0. The fourth-order valence-corrected chi connectivity index (χ4v) is 1.07. The number of amides is 1. The lowest BCUT2D eigenvalue weighted by atomic mass is 10.3. The fraction of sp³-hybridized carbons (Fsp3) is 0. The SMILES string of the molecule is N#Cc1cn[nH]c1NC(=O)c1cncnc1. The lowest BCUT2D eigenvalue weighted by molar-refractivity contribution is 0.102. The largest absolute Gasteiger partial charge is 0.306 e. The average Bonchev–Trinajstić information content (AvgIpc) is 2.77. The van der Waals surface area contributed by atoms with Crippen molar-refractivity contribution >= 4 is 11.7 Å². The van der Waals surface area contributed by atoms with E-state index < -0.39 is 5.91 Å². The van der Waals surface area contributed by atoms with Gasteiger partial charge in [0.05, 0.1) is 11.8 Å². The highest BCUT2D eigenvalue weighted by Crippen LogP contribution is 2.10. The standard InChI is InChI=1S/C9H6N6O/c10-1-6-4-13-15-8(6)14-9(16)7-2-11-5-12-3-7/h2-5H,(H2,13,14,15,16). The molecule has 0 aliphatic heterocycles. The summed E-state index contributed by atoms with van der Waals surface area (Å²) in [4.78, 5) is 19.1. The Balaban J connectivity index is 2.18. The monoisotopic (exact) mass is 214 g/mol. The third kappa shape index (κ3) is 1.85. The van der Waals surface area contributed by atoms with E-state index in [-0.39, 0.29) is 11.4 Å². The molecule has 2 rings (SSSR count). The van der Waals surface area contributed by atoms with Crippen LogP contribution in [0.3, 0.4) is 0 Å². The van der Waals surface area contributed by atoms with Crippen molar-refractivity contribution in [1.82, 2.24) is 20.2 Å². The van der Waals surface area contributed by atoms with Gasteiger partial charge in [-0.25, -0.2) is 9.97 Å². The number of rotatable bonds is 2. The van der Waals surface area contributed by atoms with Gasteiger partial charge in [0.15, 0.2) is 0 Å². The van der Waals surface area contributed by atoms with Crippen molar-refractivity contribution in [2.75, 3.05) is 5.32 Å². The Morgan fingerprint density at radius 3 is 2.81 bits per heavy atom. The first-order chi connectivity index (χ1) is 7.81. The van der Waals surface area contributed by atoms with E-state index in [2.05, 4.69) is 25.5 Å². The van der Waals surface area contributed by atoms with Crippen LogP contribution in [0.25, 0.3) is 0 Å². The molecule has 0 unspecified atom stereocenters. The number of anilines is 1. The van der Waals surface area contributed by atoms with Gasteiger partial charge in [0.1, 0.15) is 23.8 Å². The van der Waals surface area contributed by atoms with Crippen LogP contribution in [0, 0.1) is 11.3 Å². The normalized spacial score (nSPS) is 9.44. The molecule has 7 nitrogen and oxygen atoms in total. The van der Waals surface area contributed by atoms with Crippen molar-refractivity contribution in [3.05, 3.63) is 36.0 Å². The number of nitrogens with zero attached hydrogens (tertiary/aromatic N) is 4. The minimum absolute atomic E-state index is 0.261. The molecule has 0 saturated heterocycles. The summed E-state index contributed by atoms with van der Waals surface area (Å²) in [5.41, 5.74) is 0.575. The Kier molecular flexibility index (Phi) is 2.56. The molecule has 0 aromatic carbocycles. The number of H-pyrrole nitrogens is 1. The molecule has 2 heterocycles. The first-order valence-electron chi connectivity index (χ1n) is 4.31. The quantitative estimate of drug-likeness (QED) is 0.748. The Hall–Kier alpha value is -2.75. The van der Waals surface area contributed by atoms with E-state index in [9.17, 15) is 4.79 Å². The highest BCUT2D eigenvalue weighted by Gasteiger charge is 2.10. The summed E-state index contributed by atoms with van der Waals surface area (Å²) in [6, 6.07) is 1.89. The van der Waals surface area contributed by atoms with Crippen LogP contribution in [0.5, 0.6) is 0 Å². The summed E-state index contributed by atoms with van der Waals surface area (Å²) in [7, 11) is 0. The van der Waals surface area contributed by atoms with Crippen LogP contribution in [0.4, 0.5) is 5.82 Å². The molecule has 0 radical (unpaired) electrons. The Morgan fingerprint density at radius 2 is 2.12 bits per heavy atom. The van der Waals surface area contributed by atoms with E-state index in [1.54, 1.807) is 0 Å². The Morgan fingerprint density at radius 1 is 1.38 bits per heavy atom. The number of hydrogen-bond donors (Lipinski definition) is 2. The summed E-state index contributed by atoms with van der Waals surface area (Å²) in [5, 5.41) is 17.4. The molecule has 2 aromatic rings. The molecule has 2 N–H and O–H groups in total. The molecular weight excluding hydrogens is 208 g/mol.